The normalized spacial score (nSPS) is 36.6. The molecule has 3 aliphatic heterocycles. The van der Waals surface area contributed by atoms with Crippen molar-refractivity contribution in [2.75, 3.05) is 0 Å². The first-order valence-corrected chi connectivity index (χ1v) is 8.48. The molecule has 0 amide bonds. The van der Waals surface area contributed by atoms with Crippen molar-refractivity contribution < 1.29 is 33.7 Å². The van der Waals surface area contributed by atoms with Crippen LogP contribution in [0, 0.1) is 11.8 Å². The van der Waals surface area contributed by atoms with Crippen LogP contribution in [-0.2, 0) is 28.6 Å². The molecule has 3 aliphatic rings. The fraction of sp³-hybridized carbons (Fsp3) is 0.526. The van der Waals surface area contributed by atoms with Gasteiger partial charge in [0.25, 0.3) is 0 Å². The second-order valence-electron chi connectivity index (χ2n) is 7.43. The molecule has 26 heavy (non-hydrogen) atoms. The molecule has 3 rings (SSSR count). The van der Waals surface area contributed by atoms with Gasteiger partial charge in [0.1, 0.15) is 24.1 Å². The van der Waals surface area contributed by atoms with Crippen molar-refractivity contribution in [1.29, 1.82) is 0 Å². The van der Waals surface area contributed by atoms with Crippen molar-refractivity contribution in [1.82, 2.24) is 0 Å². The number of aliphatic hydroxyl groups is 1. The summed E-state index contributed by atoms with van der Waals surface area (Å²) in [5.74, 6) is -2.54. The van der Waals surface area contributed by atoms with Gasteiger partial charge in [-0.3, -0.25) is 9.59 Å². The van der Waals surface area contributed by atoms with Crippen molar-refractivity contribution in [3.05, 3.63) is 36.1 Å². The Labute approximate surface area is 151 Å². The first kappa shape index (κ1) is 18.4. The summed E-state index contributed by atoms with van der Waals surface area (Å²) in [4.78, 5) is 36.8. The van der Waals surface area contributed by atoms with Gasteiger partial charge in [-0.05, 0) is 6.92 Å². The number of carbonyl (C=O) groups is 3. The summed E-state index contributed by atoms with van der Waals surface area (Å²) in [5.41, 5.74) is -1.07. The highest BCUT2D eigenvalue weighted by molar-refractivity contribution is 6.00. The van der Waals surface area contributed by atoms with Gasteiger partial charge >= 0.3 is 11.9 Å². The summed E-state index contributed by atoms with van der Waals surface area (Å²) >= 11 is 0. The van der Waals surface area contributed by atoms with E-state index in [2.05, 4.69) is 13.2 Å². The molecule has 0 unspecified atom stereocenters. The maximum atomic E-state index is 12.5. The highest BCUT2D eigenvalue weighted by Gasteiger charge is 2.55. The van der Waals surface area contributed by atoms with Crippen LogP contribution in [0.4, 0.5) is 0 Å². The number of carbonyl (C=O) groups excluding carboxylic acids is 3. The largest absolute Gasteiger partial charge is 0.479 e. The number of ether oxygens (including phenoxy) is 3. The molecule has 0 aliphatic carbocycles. The lowest BCUT2D eigenvalue weighted by atomic mass is 9.80. The Morgan fingerprint density at radius 3 is 2.62 bits per heavy atom. The molecule has 1 N–H and O–H groups in total. The van der Waals surface area contributed by atoms with Crippen molar-refractivity contribution in [2.45, 2.75) is 51.1 Å². The van der Waals surface area contributed by atoms with Gasteiger partial charge in [-0.25, -0.2) is 4.79 Å². The molecule has 0 aromatic carbocycles. The zero-order valence-electron chi connectivity index (χ0n) is 15.0. The van der Waals surface area contributed by atoms with E-state index in [1.165, 1.54) is 6.08 Å². The van der Waals surface area contributed by atoms with Crippen LogP contribution < -0.4 is 0 Å². The number of fused-ring (bicyclic) bond motifs is 3. The summed E-state index contributed by atoms with van der Waals surface area (Å²) in [6, 6.07) is 0. The first-order valence-electron chi connectivity index (χ1n) is 8.48. The first-order chi connectivity index (χ1) is 12.0. The Morgan fingerprint density at radius 1 is 1.35 bits per heavy atom. The van der Waals surface area contributed by atoms with Gasteiger partial charge in [0.15, 0.2) is 5.60 Å². The molecular weight excluding hydrogens is 340 g/mol. The number of hydrogen-bond donors (Lipinski definition) is 1. The molecule has 2 fully saturated rings. The summed E-state index contributed by atoms with van der Waals surface area (Å²) in [6.45, 7) is 12.5. The Kier molecular flexibility index (Phi) is 4.30. The number of rotatable bonds is 2. The fourth-order valence-electron chi connectivity index (χ4n) is 3.45. The Bertz CT molecular complexity index is 747. The predicted molar refractivity (Wildman–Crippen MR) is 89.6 cm³/mol. The van der Waals surface area contributed by atoms with E-state index in [0.717, 1.165) is 0 Å². The minimum Gasteiger partial charge on any atom is -0.479 e. The van der Waals surface area contributed by atoms with Gasteiger partial charge in [0, 0.05) is 23.6 Å². The Balaban J connectivity index is 2.07. The number of hydrogen-bond acceptors (Lipinski definition) is 7. The van der Waals surface area contributed by atoms with E-state index < -0.39 is 47.7 Å². The average Bonchev–Trinajstić information content (AvgIpc) is 3.02. The van der Waals surface area contributed by atoms with Crippen LogP contribution >= 0.6 is 0 Å². The molecule has 0 spiro atoms. The third-order valence-electron chi connectivity index (χ3n) is 5.10. The van der Waals surface area contributed by atoms with E-state index in [1.54, 1.807) is 20.8 Å². The molecule has 3 heterocycles. The smallest absolute Gasteiger partial charge is 0.334 e. The third kappa shape index (κ3) is 2.76. The zero-order chi connectivity index (χ0) is 19.4. The highest BCUT2D eigenvalue weighted by Crippen LogP contribution is 2.44. The monoisotopic (exact) mass is 362 g/mol. The molecule has 7 nitrogen and oxygen atoms in total. The van der Waals surface area contributed by atoms with E-state index in [1.807, 2.05) is 0 Å². The van der Waals surface area contributed by atoms with E-state index in [4.69, 9.17) is 14.2 Å². The third-order valence-corrected chi connectivity index (χ3v) is 5.10. The maximum Gasteiger partial charge on any atom is 0.334 e. The van der Waals surface area contributed by atoms with Crippen molar-refractivity contribution >= 4 is 17.7 Å². The van der Waals surface area contributed by atoms with Crippen LogP contribution in [0.3, 0.4) is 0 Å². The van der Waals surface area contributed by atoms with Crippen LogP contribution in [0.5, 0.6) is 0 Å². The highest BCUT2D eigenvalue weighted by atomic mass is 16.6. The van der Waals surface area contributed by atoms with Crippen LogP contribution in [0.25, 0.3) is 0 Å². The standard InChI is InChI=1S/C19H22O7/c1-8(2)17(22)24-12-7-19(5)13(20)6-11(26-19)9(3)15(21)16-14(12)10(4)18(23)25-16/h6,8,12,14-16,21H,3-4,7H2,1-2,5H3/t12-,14-,15+,16-,19+/m1/s1. The van der Waals surface area contributed by atoms with E-state index in [9.17, 15) is 19.5 Å². The van der Waals surface area contributed by atoms with E-state index in [-0.39, 0.29) is 29.1 Å². The Hall–Kier alpha value is -2.41. The molecule has 2 saturated heterocycles. The topological polar surface area (TPSA) is 99.1 Å². The lowest BCUT2D eigenvalue weighted by Gasteiger charge is -2.32. The van der Waals surface area contributed by atoms with Gasteiger partial charge < -0.3 is 19.3 Å². The van der Waals surface area contributed by atoms with Gasteiger partial charge in [-0.2, -0.15) is 0 Å². The van der Waals surface area contributed by atoms with Crippen LogP contribution in [0.15, 0.2) is 36.1 Å². The summed E-state index contributed by atoms with van der Waals surface area (Å²) in [6.07, 6.45) is -1.99. The second kappa shape index (κ2) is 6.09. The Morgan fingerprint density at radius 2 is 2.00 bits per heavy atom. The fourth-order valence-corrected chi connectivity index (χ4v) is 3.45. The van der Waals surface area contributed by atoms with Crippen LogP contribution in [-0.4, -0.2) is 46.7 Å². The summed E-state index contributed by atoms with van der Waals surface area (Å²) in [7, 11) is 0. The second-order valence-corrected chi connectivity index (χ2v) is 7.43. The molecule has 2 bridgehead atoms. The van der Waals surface area contributed by atoms with Crippen molar-refractivity contribution in [2.24, 2.45) is 11.8 Å². The number of esters is 2. The molecule has 0 aromatic heterocycles. The van der Waals surface area contributed by atoms with Gasteiger partial charge in [-0.1, -0.05) is 27.0 Å². The lowest BCUT2D eigenvalue weighted by molar-refractivity contribution is -0.162. The zero-order valence-corrected chi connectivity index (χ0v) is 15.0. The minimum atomic E-state index is -1.32. The predicted octanol–water partition coefficient (Wildman–Crippen LogP) is 1.21. The quantitative estimate of drug-likeness (QED) is 0.582. The summed E-state index contributed by atoms with van der Waals surface area (Å²) < 4.78 is 16.6. The lowest BCUT2D eigenvalue weighted by Crippen LogP contribution is -2.45. The minimum absolute atomic E-state index is 0.00111. The number of ketones is 1. The number of aliphatic hydroxyl groups excluding tert-OH is 1. The molecular formula is C19H22O7. The molecule has 0 radical (unpaired) electrons. The molecule has 0 saturated carbocycles. The van der Waals surface area contributed by atoms with E-state index >= 15 is 0 Å². The average molecular weight is 362 g/mol. The van der Waals surface area contributed by atoms with Crippen LogP contribution in [0.2, 0.25) is 0 Å². The van der Waals surface area contributed by atoms with Gasteiger partial charge in [0.05, 0.1) is 11.8 Å². The molecule has 5 atom stereocenters. The molecule has 0 aromatic rings. The van der Waals surface area contributed by atoms with Crippen molar-refractivity contribution in [3.63, 3.8) is 0 Å². The van der Waals surface area contributed by atoms with Gasteiger partial charge in [-0.15, -0.1) is 0 Å². The van der Waals surface area contributed by atoms with Crippen molar-refractivity contribution in [3.8, 4) is 0 Å². The maximum absolute atomic E-state index is 12.5. The molecule has 140 valence electrons. The molecule has 7 heteroatoms. The van der Waals surface area contributed by atoms with Crippen LogP contribution in [0.1, 0.15) is 27.2 Å². The van der Waals surface area contributed by atoms with Gasteiger partial charge in [0.2, 0.25) is 5.78 Å². The SMILES string of the molecule is C=C1C(=O)O[C@@H]2[C@H]1[C@H](OC(=O)C(C)C)C[C@]1(C)OC(=CC1=O)C(=C)[C@@H]2O. The summed E-state index contributed by atoms with van der Waals surface area (Å²) in [5, 5.41) is 10.7. The van der Waals surface area contributed by atoms with E-state index in [0.29, 0.717) is 0 Å².